The first-order chi connectivity index (χ1) is 16.2. The quantitative estimate of drug-likeness (QED) is 0.288. The van der Waals surface area contributed by atoms with Crippen LogP contribution in [0.4, 0.5) is 0 Å². The molecule has 0 amide bonds. The lowest BCUT2D eigenvalue weighted by Gasteiger charge is -2.35. The molecule has 2 heteroatoms. The van der Waals surface area contributed by atoms with E-state index < -0.39 is 0 Å². The number of ether oxygens (including phenoxy) is 1. The maximum atomic E-state index is 9.90. The Balaban J connectivity index is 1.50. The van der Waals surface area contributed by atoms with Crippen LogP contribution in [0.2, 0.25) is 0 Å². The molecule has 0 aliphatic heterocycles. The van der Waals surface area contributed by atoms with Crippen LogP contribution in [0.5, 0.6) is 5.75 Å². The van der Waals surface area contributed by atoms with Gasteiger partial charge in [0, 0.05) is 0 Å². The summed E-state index contributed by atoms with van der Waals surface area (Å²) in [6, 6.07) is 20.3. The number of hydrogen-bond acceptors (Lipinski definition) is 2. The highest BCUT2D eigenvalue weighted by molar-refractivity contribution is 5.64. The molecule has 1 aliphatic rings. The molecule has 0 heterocycles. The average molecular weight is 446 g/mol. The van der Waals surface area contributed by atoms with Gasteiger partial charge in [0.2, 0.25) is 0 Å². The summed E-state index contributed by atoms with van der Waals surface area (Å²) in [4.78, 5) is 0. The van der Waals surface area contributed by atoms with Crippen LogP contribution in [0.15, 0.2) is 48.5 Å². The van der Waals surface area contributed by atoms with Crippen LogP contribution in [0.3, 0.4) is 0 Å². The second-order valence-corrected chi connectivity index (χ2v) is 10.0. The molecular weight excluding hydrogens is 402 g/mol. The normalized spacial score (nSPS) is 20.3. The van der Waals surface area contributed by atoms with Crippen molar-refractivity contribution in [3.05, 3.63) is 54.1 Å². The van der Waals surface area contributed by atoms with Gasteiger partial charge in [-0.3, -0.25) is 0 Å². The Morgan fingerprint density at radius 2 is 1.36 bits per heavy atom. The number of nitriles is 1. The van der Waals surface area contributed by atoms with Gasteiger partial charge < -0.3 is 4.74 Å². The van der Waals surface area contributed by atoms with Crippen LogP contribution in [-0.4, -0.2) is 6.61 Å². The summed E-state index contributed by atoms with van der Waals surface area (Å²) < 4.78 is 5.84. The molecule has 2 aromatic rings. The van der Waals surface area contributed by atoms with Crippen molar-refractivity contribution in [2.75, 3.05) is 6.61 Å². The largest absolute Gasteiger partial charge is 0.494 e. The standard InChI is InChI=1S/C31H43NO/c1-3-5-7-8-9-21-31(25-32)22-19-29(20-23-31)27-13-11-26(12-14-27)28-15-17-30(18-16-28)33-24-10-6-4-2/h11-18,29H,3-10,19-24H2,1-2H3. The lowest BCUT2D eigenvalue weighted by Crippen LogP contribution is -2.25. The first-order valence-corrected chi connectivity index (χ1v) is 13.4. The smallest absolute Gasteiger partial charge is 0.119 e. The average Bonchev–Trinajstić information content (AvgIpc) is 2.87. The predicted molar refractivity (Wildman–Crippen MR) is 140 cm³/mol. The highest BCUT2D eigenvalue weighted by atomic mass is 16.5. The van der Waals surface area contributed by atoms with E-state index in [-0.39, 0.29) is 5.41 Å². The van der Waals surface area contributed by atoms with Crippen LogP contribution < -0.4 is 4.74 Å². The van der Waals surface area contributed by atoms with Crippen LogP contribution in [0, 0.1) is 16.7 Å². The van der Waals surface area contributed by atoms with Gasteiger partial charge in [0.25, 0.3) is 0 Å². The fourth-order valence-corrected chi connectivity index (χ4v) is 5.22. The summed E-state index contributed by atoms with van der Waals surface area (Å²) in [5.41, 5.74) is 3.86. The van der Waals surface area contributed by atoms with Crippen LogP contribution in [-0.2, 0) is 0 Å². The van der Waals surface area contributed by atoms with Crippen LogP contribution in [0.1, 0.15) is 109 Å². The van der Waals surface area contributed by atoms with Gasteiger partial charge in [-0.05, 0) is 73.3 Å². The molecule has 178 valence electrons. The molecule has 0 saturated heterocycles. The molecule has 1 fully saturated rings. The van der Waals surface area contributed by atoms with E-state index in [0.717, 1.165) is 50.9 Å². The molecule has 0 N–H and O–H groups in total. The lowest BCUT2D eigenvalue weighted by atomic mass is 9.67. The molecule has 2 aromatic carbocycles. The summed E-state index contributed by atoms with van der Waals surface area (Å²) in [6.07, 6.45) is 15.5. The van der Waals surface area contributed by atoms with Gasteiger partial charge in [-0.25, -0.2) is 0 Å². The Hall–Kier alpha value is -2.27. The fourth-order valence-electron chi connectivity index (χ4n) is 5.22. The van der Waals surface area contributed by atoms with Gasteiger partial charge in [-0.2, -0.15) is 5.26 Å². The lowest BCUT2D eigenvalue weighted by molar-refractivity contribution is 0.223. The SMILES string of the molecule is CCCCCCCC1(C#N)CCC(c2ccc(-c3ccc(OCCCCC)cc3)cc2)CC1. The van der Waals surface area contributed by atoms with E-state index in [1.54, 1.807) is 0 Å². The molecule has 1 saturated carbocycles. The van der Waals surface area contributed by atoms with E-state index in [1.807, 2.05) is 0 Å². The van der Waals surface area contributed by atoms with Gasteiger partial charge in [-0.15, -0.1) is 0 Å². The highest BCUT2D eigenvalue weighted by Crippen LogP contribution is 2.45. The fraction of sp³-hybridized carbons (Fsp3) is 0.581. The zero-order chi connectivity index (χ0) is 23.4. The summed E-state index contributed by atoms with van der Waals surface area (Å²) in [5.74, 6) is 1.56. The number of hydrogen-bond donors (Lipinski definition) is 0. The monoisotopic (exact) mass is 445 g/mol. The highest BCUT2D eigenvalue weighted by Gasteiger charge is 2.35. The molecule has 3 rings (SSSR count). The maximum absolute atomic E-state index is 9.90. The predicted octanol–water partition coefficient (Wildman–Crippen LogP) is 9.45. The Morgan fingerprint density at radius 1 is 0.788 bits per heavy atom. The Kier molecular flexibility index (Phi) is 10.3. The van der Waals surface area contributed by atoms with Crippen molar-refractivity contribution in [2.45, 2.75) is 103 Å². The van der Waals surface area contributed by atoms with Crippen molar-refractivity contribution >= 4 is 0 Å². The summed E-state index contributed by atoms with van der Waals surface area (Å²) in [6.45, 7) is 5.27. The second kappa shape index (κ2) is 13.4. The van der Waals surface area contributed by atoms with E-state index in [2.05, 4.69) is 68.4 Å². The number of nitrogens with zero attached hydrogens (tertiary/aromatic N) is 1. The Labute approximate surface area is 202 Å². The summed E-state index contributed by atoms with van der Waals surface area (Å²) >= 11 is 0. The van der Waals surface area contributed by atoms with Crippen molar-refractivity contribution in [1.82, 2.24) is 0 Å². The van der Waals surface area contributed by atoms with Crippen molar-refractivity contribution < 1.29 is 4.74 Å². The van der Waals surface area contributed by atoms with Gasteiger partial charge in [0.15, 0.2) is 0 Å². The minimum atomic E-state index is -0.0665. The molecule has 0 spiro atoms. The molecule has 1 aliphatic carbocycles. The molecule has 33 heavy (non-hydrogen) atoms. The van der Waals surface area contributed by atoms with Crippen molar-refractivity contribution in [1.29, 1.82) is 5.26 Å². The van der Waals surface area contributed by atoms with E-state index in [0.29, 0.717) is 5.92 Å². The topological polar surface area (TPSA) is 33.0 Å². The van der Waals surface area contributed by atoms with Gasteiger partial charge >= 0.3 is 0 Å². The Morgan fingerprint density at radius 3 is 1.97 bits per heavy atom. The minimum absolute atomic E-state index is 0.0665. The molecule has 0 bridgehead atoms. The zero-order valence-electron chi connectivity index (χ0n) is 21.0. The summed E-state index contributed by atoms with van der Waals surface area (Å²) in [5, 5.41) is 9.90. The van der Waals surface area contributed by atoms with Gasteiger partial charge in [0.05, 0.1) is 18.1 Å². The zero-order valence-corrected chi connectivity index (χ0v) is 21.0. The third-order valence-electron chi connectivity index (χ3n) is 7.53. The van der Waals surface area contributed by atoms with Gasteiger partial charge in [0.1, 0.15) is 5.75 Å². The van der Waals surface area contributed by atoms with Crippen molar-refractivity contribution in [3.8, 4) is 22.9 Å². The van der Waals surface area contributed by atoms with E-state index >= 15 is 0 Å². The Bertz CT molecular complexity index is 838. The minimum Gasteiger partial charge on any atom is -0.494 e. The van der Waals surface area contributed by atoms with Crippen LogP contribution >= 0.6 is 0 Å². The first-order valence-electron chi connectivity index (χ1n) is 13.4. The van der Waals surface area contributed by atoms with Crippen molar-refractivity contribution in [2.24, 2.45) is 5.41 Å². The van der Waals surface area contributed by atoms with Crippen molar-refractivity contribution in [3.63, 3.8) is 0 Å². The van der Waals surface area contributed by atoms with E-state index in [4.69, 9.17) is 4.74 Å². The molecule has 2 nitrogen and oxygen atoms in total. The van der Waals surface area contributed by atoms with E-state index in [9.17, 15) is 5.26 Å². The summed E-state index contributed by atoms with van der Waals surface area (Å²) in [7, 11) is 0. The first kappa shape index (κ1) is 25.4. The second-order valence-electron chi connectivity index (χ2n) is 10.0. The molecule has 0 unspecified atom stereocenters. The number of benzene rings is 2. The number of unbranched alkanes of at least 4 members (excludes halogenated alkanes) is 6. The third kappa shape index (κ3) is 7.63. The molecule has 0 aromatic heterocycles. The number of rotatable bonds is 13. The van der Waals surface area contributed by atoms with E-state index in [1.165, 1.54) is 61.6 Å². The third-order valence-corrected chi connectivity index (χ3v) is 7.53. The van der Waals surface area contributed by atoms with Crippen LogP contribution in [0.25, 0.3) is 11.1 Å². The van der Waals surface area contributed by atoms with Gasteiger partial charge in [-0.1, -0.05) is 95.2 Å². The molecular formula is C31H43NO. The maximum Gasteiger partial charge on any atom is 0.119 e. The molecule has 0 atom stereocenters. The molecule has 0 radical (unpaired) electrons.